The number of piperazine rings is 1. The molecule has 0 unspecified atom stereocenters. The van der Waals surface area contributed by atoms with Crippen LogP contribution in [0.2, 0.25) is 0 Å². The van der Waals surface area contributed by atoms with E-state index in [1.165, 1.54) is 23.1 Å². The quantitative estimate of drug-likeness (QED) is 0.826. The van der Waals surface area contributed by atoms with Crippen LogP contribution in [0.25, 0.3) is 5.69 Å². The molecule has 2 heterocycles. The molecule has 0 radical (unpaired) electrons. The third kappa shape index (κ3) is 4.45. The van der Waals surface area contributed by atoms with Gasteiger partial charge in [0.2, 0.25) is 10.0 Å². The zero-order valence-electron chi connectivity index (χ0n) is 16.4. The van der Waals surface area contributed by atoms with Crippen molar-refractivity contribution in [1.82, 2.24) is 24.3 Å². The average molecular weight is 418 g/mol. The molecule has 156 valence electrons. The van der Waals surface area contributed by atoms with Gasteiger partial charge in [0.15, 0.2) is 0 Å². The highest BCUT2D eigenvalue weighted by Gasteiger charge is 2.31. The Kier molecular flexibility index (Phi) is 5.86. The first-order valence-corrected chi connectivity index (χ1v) is 11.6. The Morgan fingerprint density at radius 1 is 1.00 bits per heavy atom. The number of para-hydroxylation sites is 1. The Labute approximate surface area is 171 Å². The molecule has 2 aliphatic rings. The van der Waals surface area contributed by atoms with Crippen LogP contribution in [0.1, 0.15) is 32.1 Å². The van der Waals surface area contributed by atoms with E-state index in [4.69, 9.17) is 0 Å². The predicted octanol–water partition coefficient (Wildman–Crippen LogP) is 2.22. The molecular formula is C20H27N5O3S. The van der Waals surface area contributed by atoms with E-state index in [1.54, 1.807) is 9.58 Å². The van der Waals surface area contributed by atoms with Crippen LogP contribution in [0.4, 0.5) is 4.79 Å². The Hall–Kier alpha value is -2.39. The Morgan fingerprint density at radius 2 is 1.69 bits per heavy atom. The summed E-state index contributed by atoms with van der Waals surface area (Å²) in [5.74, 6) is 0. The standard InChI is InChI=1S/C20H27N5O3S/c26-20(22-17-7-3-1-4-8-17)23-11-13-24(14-12-23)29(27,28)19-15-21-25(16-19)18-9-5-2-6-10-18/h2,5-6,9-10,15-17H,1,3-4,7-8,11-14H2,(H,22,26). The van der Waals surface area contributed by atoms with E-state index in [-0.39, 0.29) is 30.1 Å². The number of carbonyl (C=O) groups is 1. The summed E-state index contributed by atoms with van der Waals surface area (Å²) in [5.41, 5.74) is 0.804. The predicted molar refractivity (Wildman–Crippen MR) is 109 cm³/mol. The summed E-state index contributed by atoms with van der Waals surface area (Å²) in [6, 6.07) is 9.56. The number of carbonyl (C=O) groups excluding carboxylic acids is 1. The molecule has 0 bridgehead atoms. The van der Waals surface area contributed by atoms with Crippen LogP contribution in [0.15, 0.2) is 47.6 Å². The van der Waals surface area contributed by atoms with E-state index in [2.05, 4.69) is 10.4 Å². The fourth-order valence-corrected chi connectivity index (χ4v) is 5.31. The maximum absolute atomic E-state index is 13.0. The highest BCUT2D eigenvalue weighted by molar-refractivity contribution is 7.89. The first-order chi connectivity index (χ1) is 14.0. The molecule has 1 N–H and O–H groups in total. The summed E-state index contributed by atoms with van der Waals surface area (Å²) in [4.78, 5) is 14.4. The number of nitrogens with zero attached hydrogens (tertiary/aromatic N) is 4. The second-order valence-electron chi connectivity index (χ2n) is 7.63. The van der Waals surface area contributed by atoms with Gasteiger partial charge in [-0.05, 0) is 25.0 Å². The van der Waals surface area contributed by atoms with Crippen molar-refractivity contribution in [3.05, 3.63) is 42.7 Å². The van der Waals surface area contributed by atoms with Gasteiger partial charge in [-0.1, -0.05) is 37.5 Å². The second-order valence-corrected chi connectivity index (χ2v) is 9.57. The van der Waals surface area contributed by atoms with Crippen molar-refractivity contribution in [2.24, 2.45) is 0 Å². The van der Waals surface area contributed by atoms with Gasteiger partial charge in [-0.2, -0.15) is 9.40 Å². The molecule has 8 nitrogen and oxygen atoms in total. The number of benzene rings is 1. The fourth-order valence-electron chi connectivity index (χ4n) is 3.95. The first-order valence-electron chi connectivity index (χ1n) is 10.2. The first kappa shape index (κ1) is 19.9. The van der Waals surface area contributed by atoms with E-state index < -0.39 is 10.0 Å². The molecule has 2 aromatic rings. The van der Waals surface area contributed by atoms with Crippen molar-refractivity contribution < 1.29 is 13.2 Å². The van der Waals surface area contributed by atoms with Crippen LogP contribution in [0, 0.1) is 0 Å². The molecule has 1 aromatic heterocycles. The molecule has 29 heavy (non-hydrogen) atoms. The number of urea groups is 1. The van der Waals surface area contributed by atoms with E-state index in [0.717, 1.165) is 31.4 Å². The van der Waals surface area contributed by atoms with Gasteiger partial charge in [-0.25, -0.2) is 17.9 Å². The van der Waals surface area contributed by atoms with Crippen LogP contribution in [0.3, 0.4) is 0 Å². The summed E-state index contributed by atoms with van der Waals surface area (Å²) in [6.45, 7) is 1.36. The van der Waals surface area contributed by atoms with Crippen molar-refractivity contribution >= 4 is 16.1 Å². The Morgan fingerprint density at radius 3 is 2.38 bits per heavy atom. The van der Waals surface area contributed by atoms with Crippen LogP contribution in [-0.4, -0.2) is 65.7 Å². The topological polar surface area (TPSA) is 87.5 Å². The zero-order chi connectivity index (χ0) is 20.3. The van der Waals surface area contributed by atoms with Crippen molar-refractivity contribution in [3.8, 4) is 5.69 Å². The maximum Gasteiger partial charge on any atom is 0.317 e. The summed E-state index contributed by atoms with van der Waals surface area (Å²) in [7, 11) is -3.63. The zero-order valence-corrected chi connectivity index (χ0v) is 17.2. The second kappa shape index (κ2) is 8.54. The number of aromatic nitrogens is 2. The molecule has 1 aliphatic carbocycles. The smallest absolute Gasteiger partial charge is 0.317 e. The fraction of sp³-hybridized carbons (Fsp3) is 0.500. The van der Waals surface area contributed by atoms with Gasteiger partial charge in [0.25, 0.3) is 0 Å². The van der Waals surface area contributed by atoms with Gasteiger partial charge in [0, 0.05) is 32.2 Å². The number of nitrogens with one attached hydrogen (secondary N) is 1. The third-order valence-corrected chi connectivity index (χ3v) is 7.53. The summed E-state index contributed by atoms with van der Waals surface area (Å²) < 4.78 is 28.9. The molecule has 2 amide bonds. The van der Waals surface area contributed by atoms with Crippen molar-refractivity contribution in [1.29, 1.82) is 0 Å². The molecule has 1 saturated carbocycles. The molecule has 1 aliphatic heterocycles. The number of amides is 2. The van der Waals surface area contributed by atoms with Crippen LogP contribution >= 0.6 is 0 Å². The normalized spacial score (nSPS) is 19.2. The lowest BCUT2D eigenvalue weighted by Crippen LogP contribution is -2.54. The van der Waals surface area contributed by atoms with Crippen LogP contribution in [-0.2, 0) is 10.0 Å². The summed E-state index contributed by atoms with van der Waals surface area (Å²) >= 11 is 0. The largest absolute Gasteiger partial charge is 0.335 e. The molecule has 1 saturated heterocycles. The Balaban J connectivity index is 1.36. The highest BCUT2D eigenvalue weighted by Crippen LogP contribution is 2.20. The maximum atomic E-state index is 13.0. The molecule has 4 rings (SSSR count). The highest BCUT2D eigenvalue weighted by atomic mass is 32.2. The third-order valence-electron chi connectivity index (χ3n) is 5.68. The minimum atomic E-state index is -3.63. The minimum absolute atomic E-state index is 0.0779. The monoisotopic (exact) mass is 417 g/mol. The van der Waals surface area contributed by atoms with E-state index >= 15 is 0 Å². The molecule has 0 spiro atoms. The molecule has 2 fully saturated rings. The number of rotatable bonds is 4. The van der Waals surface area contributed by atoms with Crippen molar-refractivity contribution in [3.63, 3.8) is 0 Å². The molecule has 1 aromatic carbocycles. The SMILES string of the molecule is O=C(NC1CCCCC1)N1CCN(S(=O)(=O)c2cnn(-c3ccccc3)c2)CC1. The lowest BCUT2D eigenvalue weighted by molar-refractivity contribution is 0.166. The van der Waals surface area contributed by atoms with Gasteiger partial charge < -0.3 is 10.2 Å². The van der Waals surface area contributed by atoms with Gasteiger partial charge in [-0.3, -0.25) is 0 Å². The average Bonchev–Trinajstić information content (AvgIpc) is 3.26. The molecule has 9 heteroatoms. The number of sulfonamides is 1. The lowest BCUT2D eigenvalue weighted by Gasteiger charge is -2.35. The van der Waals surface area contributed by atoms with Crippen molar-refractivity contribution in [2.45, 2.75) is 43.0 Å². The van der Waals surface area contributed by atoms with Crippen LogP contribution < -0.4 is 5.32 Å². The van der Waals surface area contributed by atoms with Gasteiger partial charge >= 0.3 is 6.03 Å². The van der Waals surface area contributed by atoms with E-state index in [9.17, 15) is 13.2 Å². The number of hydrogen-bond acceptors (Lipinski definition) is 4. The van der Waals surface area contributed by atoms with E-state index in [0.29, 0.717) is 13.1 Å². The van der Waals surface area contributed by atoms with Gasteiger partial charge in [0.1, 0.15) is 4.90 Å². The molecule has 0 atom stereocenters. The minimum Gasteiger partial charge on any atom is -0.335 e. The van der Waals surface area contributed by atoms with Crippen LogP contribution in [0.5, 0.6) is 0 Å². The summed E-state index contributed by atoms with van der Waals surface area (Å²) in [5, 5.41) is 7.29. The molecular weight excluding hydrogens is 390 g/mol. The Bertz CT molecular complexity index is 930. The number of hydrogen-bond donors (Lipinski definition) is 1. The lowest BCUT2D eigenvalue weighted by atomic mass is 9.96. The van der Waals surface area contributed by atoms with Gasteiger partial charge in [-0.15, -0.1) is 0 Å². The van der Waals surface area contributed by atoms with Crippen molar-refractivity contribution in [2.75, 3.05) is 26.2 Å². The van der Waals surface area contributed by atoms with Gasteiger partial charge in [0.05, 0.1) is 18.1 Å². The van der Waals surface area contributed by atoms with E-state index in [1.807, 2.05) is 30.3 Å². The summed E-state index contributed by atoms with van der Waals surface area (Å²) in [6.07, 6.45) is 8.54.